The Labute approximate surface area is 118 Å². The van der Waals surface area contributed by atoms with Crippen molar-refractivity contribution in [2.45, 2.75) is 13.3 Å². The van der Waals surface area contributed by atoms with Crippen LogP contribution >= 0.6 is 0 Å². The molecule has 2 aromatic rings. The van der Waals surface area contributed by atoms with Crippen LogP contribution in [-0.4, -0.2) is 31.0 Å². The van der Waals surface area contributed by atoms with Crippen molar-refractivity contribution < 1.29 is 9.47 Å². The molecule has 2 rings (SSSR count). The smallest absolute Gasteiger partial charge is 0.148 e. The average Bonchev–Trinajstić information content (AvgIpc) is 2.52. The maximum Gasteiger partial charge on any atom is 0.148 e. The molecule has 106 valence electrons. The van der Waals surface area contributed by atoms with E-state index in [1.165, 1.54) is 0 Å². The zero-order chi connectivity index (χ0) is 14.4. The molecule has 0 radical (unpaired) electrons. The highest BCUT2D eigenvalue weighted by atomic mass is 16.5. The molecule has 1 aromatic heterocycles. The summed E-state index contributed by atoms with van der Waals surface area (Å²) in [7, 11) is 3.26. The molecule has 1 N–H and O–H groups in total. The van der Waals surface area contributed by atoms with Crippen LogP contribution in [0.2, 0.25) is 0 Å². The topological polar surface area (TPSA) is 56.3 Å². The predicted octanol–water partition coefficient (Wildman–Crippen LogP) is 2.98. The molecule has 0 saturated carbocycles. The van der Waals surface area contributed by atoms with Gasteiger partial charge in [-0.2, -0.15) is 0 Å². The van der Waals surface area contributed by atoms with Crippen molar-refractivity contribution in [1.29, 1.82) is 0 Å². The van der Waals surface area contributed by atoms with E-state index < -0.39 is 0 Å². The largest absolute Gasteiger partial charge is 0.496 e. The van der Waals surface area contributed by atoms with Crippen molar-refractivity contribution in [3.63, 3.8) is 0 Å². The third-order valence-electron chi connectivity index (χ3n) is 2.90. The quantitative estimate of drug-likeness (QED) is 0.876. The number of methoxy groups -OCH3 is 2. The van der Waals surface area contributed by atoms with E-state index in [-0.39, 0.29) is 0 Å². The minimum absolute atomic E-state index is 0.716. The molecule has 0 bridgehead atoms. The number of ether oxygens (including phenoxy) is 2. The van der Waals surface area contributed by atoms with E-state index in [2.05, 4.69) is 22.4 Å². The maximum absolute atomic E-state index is 5.37. The van der Waals surface area contributed by atoms with Gasteiger partial charge >= 0.3 is 0 Å². The normalized spacial score (nSPS) is 10.2. The summed E-state index contributed by atoms with van der Waals surface area (Å²) in [5, 5.41) is 11.6. The highest BCUT2D eigenvalue weighted by Gasteiger charge is 2.13. The van der Waals surface area contributed by atoms with E-state index in [9.17, 15) is 0 Å². The molecule has 0 spiro atoms. The third-order valence-corrected chi connectivity index (χ3v) is 2.90. The van der Waals surface area contributed by atoms with Gasteiger partial charge in [-0.1, -0.05) is 13.0 Å². The lowest BCUT2D eigenvalue weighted by atomic mass is 10.1. The molecular weight excluding hydrogens is 254 g/mol. The third kappa shape index (κ3) is 2.99. The van der Waals surface area contributed by atoms with E-state index in [0.29, 0.717) is 11.5 Å². The minimum Gasteiger partial charge on any atom is -0.496 e. The Morgan fingerprint density at radius 1 is 1.00 bits per heavy atom. The summed E-state index contributed by atoms with van der Waals surface area (Å²) in [6.45, 7) is 2.99. The van der Waals surface area contributed by atoms with E-state index >= 15 is 0 Å². The Balaban J connectivity index is 2.35. The van der Waals surface area contributed by atoms with Gasteiger partial charge in [-0.05, 0) is 30.7 Å². The van der Waals surface area contributed by atoms with E-state index in [1.807, 2.05) is 30.3 Å². The standard InChI is InChI=1S/C15H19N3O2/c1-4-10-16-14-9-8-11(17-18-14)15-12(19-2)6-5-7-13(15)20-3/h5-9H,4,10H2,1-3H3,(H,16,18). The Bertz CT molecular complexity index is 533. The molecule has 1 heterocycles. The Kier molecular flexibility index (Phi) is 4.76. The van der Waals surface area contributed by atoms with Gasteiger partial charge < -0.3 is 14.8 Å². The molecule has 0 aliphatic heterocycles. The van der Waals surface area contributed by atoms with Crippen molar-refractivity contribution in [3.8, 4) is 22.8 Å². The van der Waals surface area contributed by atoms with Crippen molar-refractivity contribution in [2.75, 3.05) is 26.1 Å². The number of anilines is 1. The van der Waals surface area contributed by atoms with Crippen LogP contribution in [0.25, 0.3) is 11.3 Å². The van der Waals surface area contributed by atoms with Crippen LogP contribution < -0.4 is 14.8 Å². The van der Waals surface area contributed by atoms with Crippen LogP contribution in [0.4, 0.5) is 5.82 Å². The van der Waals surface area contributed by atoms with Gasteiger partial charge in [-0.3, -0.25) is 0 Å². The second kappa shape index (κ2) is 6.75. The van der Waals surface area contributed by atoms with Crippen LogP contribution in [0.5, 0.6) is 11.5 Å². The number of hydrogen-bond acceptors (Lipinski definition) is 5. The van der Waals surface area contributed by atoms with E-state index in [0.717, 1.165) is 30.0 Å². The molecule has 0 amide bonds. The fourth-order valence-corrected chi connectivity index (χ4v) is 1.92. The SMILES string of the molecule is CCCNc1ccc(-c2c(OC)cccc2OC)nn1. The summed E-state index contributed by atoms with van der Waals surface area (Å²) in [4.78, 5) is 0. The number of benzene rings is 1. The average molecular weight is 273 g/mol. The first kappa shape index (κ1) is 14.1. The lowest BCUT2D eigenvalue weighted by molar-refractivity contribution is 0.397. The summed E-state index contributed by atoms with van der Waals surface area (Å²) in [6.07, 6.45) is 1.05. The van der Waals surface area contributed by atoms with Crippen LogP contribution in [0.1, 0.15) is 13.3 Å². The number of rotatable bonds is 6. The first-order valence-corrected chi connectivity index (χ1v) is 6.59. The summed E-state index contributed by atoms with van der Waals surface area (Å²) in [6, 6.07) is 9.45. The molecule has 1 aromatic carbocycles. The highest BCUT2D eigenvalue weighted by molar-refractivity contribution is 5.74. The number of aromatic nitrogens is 2. The molecule has 0 aliphatic carbocycles. The molecule has 5 nitrogen and oxygen atoms in total. The minimum atomic E-state index is 0.716. The molecule has 0 aliphatic rings. The Morgan fingerprint density at radius 3 is 2.20 bits per heavy atom. The van der Waals surface area contributed by atoms with Crippen LogP contribution in [0.15, 0.2) is 30.3 Å². The van der Waals surface area contributed by atoms with E-state index in [4.69, 9.17) is 9.47 Å². The van der Waals surface area contributed by atoms with E-state index in [1.54, 1.807) is 14.2 Å². The summed E-state index contributed by atoms with van der Waals surface area (Å²) in [5.41, 5.74) is 1.54. The van der Waals surface area contributed by atoms with Gasteiger partial charge in [-0.25, -0.2) is 0 Å². The molecule has 0 fully saturated rings. The first-order chi connectivity index (χ1) is 9.80. The lowest BCUT2D eigenvalue weighted by Gasteiger charge is -2.12. The second-order valence-electron chi connectivity index (χ2n) is 4.27. The summed E-state index contributed by atoms with van der Waals surface area (Å²) in [5.74, 6) is 2.20. The van der Waals surface area contributed by atoms with Gasteiger partial charge in [-0.15, -0.1) is 10.2 Å². The molecule has 0 unspecified atom stereocenters. The fourth-order valence-electron chi connectivity index (χ4n) is 1.92. The van der Waals surface area contributed by atoms with Gasteiger partial charge in [0, 0.05) is 6.54 Å². The second-order valence-corrected chi connectivity index (χ2v) is 4.27. The van der Waals surface area contributed by atoms with Gasteiger partial charge in [0.1, 0.15) is 23.0 Å². The molecule has 20 heavy (non-hydrogen) atoms. The van der Waals surface area contributed by atoms with Crippen LogP contribution in [0.3, 0.4) is 0 Å². The molecule has 5 heteroatoms. The van der Waals surface area contributed by atoms with Crippen molar-refractivity contribution in [1.82, 2.24) is 10.2 Å². The zero-order valence-corrected chi connectivity index (χ0v) is 12.0. The van der Waals surface area contributed by atoms with Crippen LogP contribution in [-0.2, 0) is 0 Å². The fraction of sp³-hybridized carbons (Fsp3) is 0.333. The summed E-state index contributed by atoms with van der Waals surface area (Å²) < 4.78 is 10.7. The number of nitrogens with one attached hydrogen (secondary N) is 1. The predicted molar refractivity (Wildman–Crippen MR) is 79.4 cm³/mol. The lowest BCUT2D eigenvalue weighted by Crippen LogP contribution is -2.03. The Morgan fingerprint density at radius 2 is 1.70 bits per heavy atom. The molecule has 0 atom stereocenters. The monoisotopic (exact) mass is 273 g/mol. The molecular formula is C15H19N3O2. The zero-order valence-electron chi connectivity index (χ0n) is 12.0. The summed E-state index contributed by atoms with van der Waals surface area (Å²) >= 11 is 0. The number of hydrogen-bond donors (Lipinski definition) is 1. The van der Waals surface area contributed by atoms with Gasteiger partial charge in [0.05, 0.1) is 19.8 Å². The Hall–Kier alpha value is -2.30. The first-order valence-electron chi connectivity index (χ1n) is 6.59. The highest BCUT2D eigenvalue weighted by Crippen LogP contribution is 2.36. The van der Waals surface area contributed by atoms with Gasteiger partial charge in [0.25, 0.3) is 0 Å². The maximum atomic E-state index is 5.37. The van der Waals surface area contributed by atoms with Crippen molar-refractivity contribution >= 4 is 5.82 Å². The van der Waals surface area contributed by atoms with Gasteiger partial charge in [0.15, 0.2) is 0 Å². The van der Waals surface area contributed by atoms with Crippen molar-refractivity contribution in [2.24, 2.45) is 0 Å². The molecule has 0 saturated heterocycles. The van der Waals surface area contributed by atoms with Crippen molar-refractivity contribution in [3.05, 3.63) is 30.3 Å². The number of nitrogens with zero attached hydrogens (tertiary/aromatic N) is 2. The van der Waals surface area contributed by atoms with Gasteiger partial charge in [0.2, 0.25) is 0 Å². The van der Waals surface area contributed by atoms with Crippen LogP contribution in [0, 0.1) is 0 Å².